The molecule has 0 spiro atoms. The van der Waals surface area contributed by atoms with Crippen LogP contribution in [0.15, 0.2) is 34.5 Å². The molecule has 0 amide bonds. The standard InChI is InChI=1S/C14H17NO4S2/c1-9(2)7-11(14(16)17)15-21(18,19)13-8-20-12-6-4-3-5-10(12)13/h3-6,8-9,11,15H,7H2,1-2H3,(H,16,17)/t11-/m0/s1. The van der Waals surface area contributed by atoms with Crippen molar-refractivity contribution in [1.29, 1.82) is 0 Å². The molecule has 0 saturated carbocycles. The summed E-state index contributed by atoms with van der Waals surface area (Å²) in [5.41, 5.74) is 0. The maximum Gasteiger partial charge on any atom is 0.321 e. The van der Waals surface area contributed by atoms with E-state index in [1.807, 2.05) is 26.0 Å². The lowest BCUT2D eigenvalue weighted by Crippen LogP contribution is -2.41. The van der Waals surface area contributed by atoms with Crippen LogP contribution in [0, 0.1) is 5.92 Å². The molecule has 0 fully saturated rings. The molecule has 0 aliphatic carbocycles. The molecule has 7 heteroatoms. The molecule has 5 nitrogen and oxygen atoms in total. The molecule has 2 rings (SSSR count). The van der Waals surface area contributed by atoms with Gasteiger partial charge in [0.25, 0.3) is 0 Å². The van der Waals surface area contributed by atoms with Gasteiger partial charge in [-0.15, -0.1) is 11.3 Å². The molecule has 21 heavy (non-hydrogen) atoms. The van der Waals surface area contributed by atoms with E-state index in [0.29, 0.717) is 5.39 Å². The van der Waals surface area contributed by atoms with E-state index in [2.05, 4.69) is 4.72 Å². The topological polar surface area (TPSA) is 83.5 Å². The zero-order valence-corrected chi connectivity index (χ0v) is 13.4. The normalized spacial score (nSPS) is 13.7. The summed E-state index contributed by atoms with van der Waals surface area (Å²) in [5.74, 6) is -1.08. The number of carboxylic acid groups (broad SMARTS) is 1. The lowest BCUT2D eigenvalue weighted by Gasteiger charge is -2.16. The summed E-state index contributed by atoms with van der Waals surface area (Å²) >= 11 is 1.32. The average Bonchev–Trinajstić information content (AvgIpc) is 2.81. The first-order valence-electron chi connectivity index (χ1n) is 6.52. The van der Waals surface area contributed by atoms with Crippen LogP contribution in [0.3, 0.4) is 0 Å². The Morgan fingerprint density at radius 1 is 1.33 bits per heavy atom. The highest BCUT2D eigenvalue weighted by Gasteiger charge is 2.27. The number of nitrogens with one attached hydrogen (secondary N) is 1. The van der Waals surface area contributed by atoms with Crippen molar-refractivity contribution in [3.63, 3.8) is 0 Å². The Morgan fingerprint density at radius 2 is 2.00 bits per heavy atom. The van der Waals surface area contributed by atoms with Crippen LogP contribution < -0.4 is 4.72 Å². The van der Waals surface area contributed by atoms with Gasteiger partial charge in [-0.2, -0.15) is 4.72 Å². The molecular weight excluding hydrogens is 310 g/mol. The van der Waals surface area contributed by atoms with E-state index in [9.17, 15) is 18.3 Å². The minimum atomic E-state index is -3.85. The predicted molar refractivity (Wildman–Crippen MR) is 83.0 cm³/mol. The second-order valence-corrected chi connectivity index (χ2v) is 7.83. The smallest absolute Gasteiger partial charge is 0.321 e. The molecule has 2 aromatic rings. The molecule has 0 saturated heterocycles. The molecule has 1 atom stereocenters. The largest absolute Gasteiger partial charge is 0.480 e. The summed E-state index contributed by atoms with van der Waals surface area (Å²) in [6, 6.07) is 6.03. The van der Waals surface area contributed by atoms with Crippen LogP contribution in [0.4, 0.5) is 0 Å². The predicted octanol–water partition coefficient (Wildman–Crippen LogP) is 2.68. The highest BCUT2D eigenvalue weighted by Crippen LogP contribution is 2.29. The van der Waals surface area contributed by atoms with Gasteiger partial charge in [0.15, 0.2) is 0 Å². The van der Waals surface area contributed by atoms with Crippen LogP contribution in [0.5, 0.6) is 0 Å². The Kier molecular flexibility index (Phi) is 4.65. The van der Waals surface area contributed by atoms with Crippen LogP contribution in [0.1, 0.15) is 20.3 Å². The molecule has 0 radical (unpaired) electrons. The summed E-state index contributed by atoms with van der Waals surface area (Å²) in [5, 5.41) is 11.3. The number of carbonyl (C=O) groups is 1. The first-order valence-corrected chi connectivity index (χ1v) is 8.89. The third kappa shape index (κ3) is 3.61. The van der Waals surface area contributed by atoms with Gasteiger partial charge < -0.3 is 5.11 Å². The second kappa shape index (κ2) is 6.13. The number of hydrogen-bond donors (Lipinski definition) is 2. The number of sulfonamides is 1. The van der Waals surface area contributed by atoms with Crippen LogP contribution in [0.2, 0.25) is 0 Å². The van der Waals surface area contributed by atoms with Crippen molar-refractivity contribution >= 4 is 37.4 Å². The summed E-state index contributed by atoms with van der Waals surface area (Å²) in [6.45, 7) is 3.70. The number of carboxylic acids is 1. The molecule has 0 aliphatic rings. The maximum atomic E-state index is 12.4. The van der Waals surface area contributed by atoms with Crippen molar-refractivity contribution in [2.75, 3.05) is 0 Å². The van der Waals surface area contributed by atoms with E-state index in [4.69, 9.17) is 0 Å². The van der Waals surface area contributed by atoms with E-state index in [0.717, 1.165) is 4.70 Å². The van der Waals surface area contributed by atoms with Gasteiger partial charge in [0.1, 0.15) is 10.9 Å². The Hall–Kier alpha value is -1.44. The zero-order chi connectivity index (χ0) is 15.6. The minimum absolute atomic E-state index is 0.0769. The number of benzene rings is 1. The van der Waals surface area contributed by atoms with Crippen molar-refractivity contribution in [3.05, 3.63) is 29.6 Å². The highest BCUT2D eigenvalue weighted by atomic mass is 32.2. The molecule has 2 N–H and O–H groups in total. The van der Waals surface area contributed by atoms with E-state index >= 15 is 0 Å². The molecule has 1 aromatic heterocycles. The fourth-order valence-corrected chi connectivity index (χ4v) is 4.79. The Labute approximate surface area is 127 Å². The zero-order valence-electron chi connectivity index (χ0n) is 11.7. The van der Waals surface area contributed by atoms with Gasteiger partial charge in [0, 0.05) is 15.5 Å². The van der Waals surface area contributed by atoms with Crippen molar-refractivity contribution in [1.82, 2.24) is 4.72 Å². The van der Waals surface area contributed by atoms with Gasteiger partial charge in [-0.3, -0.25) is 4.79 Å². The fraction of sp³-hybridized carbons (Fsp3) is 0.357. The molecule has 1 aromatic carbocycles. The quantitative estimate of drug-likeness (QED) is 0.854. The maximum absolute atomic E-state index is 12.4. The van der Waals surface area contributed by atoms with E-state index in [1.54, 1.807) is 17.5 Å². The molecule has 0 unspecified atom stereocenters. The first-order chi connectivity index (χ1) is 9.81. The summed E-state index contributed by atoms with van der Waals surface area (Å²) in [7, 11) is -3.85. The van der Waals surface area contributed by atoms with Crippen molar-refractivity contribution in [2.45, 2.75) is 31.2 Å². The van der Waals surface area contributed by atoms with Crippen molar-refractivity contribution in [2.24, 2.45) is 5.92 Å². The lowest BCUT2D eigenvalue weighted by molar-refractivity contribution is -0.139. The molecule has 0 bridgehead atoms. The average molecular weight is 327 g/mol. The van der Waals surface area contributed by atoms with Gasteiger partial charge in [-0.25, -0.2) is 8.42 Å². The lowest BCUT2D eigenvalue weighted by atomic mass is 10.1. The van der Waals surface area contributed by atoms with Crippen LogP contribution in [-0.4, -0.2) is 25.5 Å². The number of rotatable bonds is 6. The Bertz CT molecular complexity index is 749. The summed E-state index contributed by atoms with van der Waals surface area (Å²) in [6.07, 6.45) is 0.247. The van der Waals surface area contributed by atoms with Gasteiger partial charge in [-0.1, -0.05) is 32.0 Å². The Morgan fingerprint density at radius 3 is 2.62 bits per heavy atom. The highest BCUT2D eigenvalue weighted by molar-refractivity contribution is 7.90. The molecular formula is C14H17NO4S2. The van der Waals surface area contributed by atoms with Gasteiger partial charge in [0.2, 0.25) is 10.0 Å². The Balaban J connectivity index is 2.35. The number of aliphatic carboxylic acids is 1. The van der Waals surface area contributed by atoms with Gasteiger partial charge >= 0.3 is 5.97 Å². The van der Waals surface area contributed by atoms with Crippen LogP contribution in [0.25, 0.3) is 10.1 Å². The number of thiophene rings is 1. The van der Waals surface area contributed by atoms with E-state index in [-0.39, 0.29) is 17.2 Å². The van der Waals surface area contributed by atoms with Crippen molar-refractivity contribution < 1.29 is 18.3 Å². The van der Waals surface area contributed by atoms with E-state index < -0.39 is 22.0 Å². The summed E-state index contributed by atoms with van der Waals surface area (Å²) < 4.78 is 28.0. The van der Waals surface area contributed by atoms with E-state index in [1.165, 1.54) is 11.3 Å². The monoisotopic (exact) mass is 327 g/mol. The first kappa shape index (κ1) is 15.9. The second-order valence-electron chi connectivity index (χ2n) is 5.24. The molecule has 114 valence electrons. The van der Waals surface area contributed by atoms with Crippen LogP contribution >= 0.6 is 11.3 Å². The number of fused-ring (bicyclic) bond motifs is 1. The van der Waals surface area contributed by atoms with Gasteiger partial charge in [0.05, 0.1) is 0 Å². The minimum Gasteiger partial charge on any atom is -0.480 e. The van der Waals surface area contributed by atoms with Crippen LogP contribution in [-0.2, 0) is 14.8 Å². The van der Waals surface area contributed by atoms with Crippen molar-refractivity contribution in [3.8, 4) is 0 Å². The molecule has 0 aliphatic heterocycles. The SMILES string of the molecule is CC(C)C[C@H](NS(=O)(=O)c1csc2ccccc12)C(=O)O. The summed E-state index contributed by atoms with van der Waals surface area (Å²) in [4.78, 5) is 11.4. The van der Waals surface area contributed by atoms with Gasteiger partial charge in [-0.05, 0) is 18.4 Å². The third-order valence-electron chi connectivity index (χ3n) is 3.04. The molecule has 1 heterocycles. The fourth-order valence-electron chi connectivity index (χ4n) is 2.08. The number of hydrogen-bond acceptors (Lipinski definition) is 4. The third-order valence-corrected chi connectivity index (χ3v) is 5.66.